The summed E-state index contributed by atoms with van der Waals surface area (Å²) in [5.41, 5.74) is 1.39. The van der Waals surface area contributed by atoms with Gasteiger partial charge < -0.3 is 4.74 Å². The number of ether oxygens (including phenoxy) is 1. The van der Waals surface area contributed by atoms with Crippen LogP contribution in [0.2, 0.25) is 0 Å². The van der Waals surface area contributed by atoms with Crippen molar-refractivity contribution in [1.29, 1.82) is 0 Å². The first-order valence-corrected chi connectivity index (χ1v) is 8.17. The van der Waals surface area contributed by atoms with Gasteiger partial charge in [0.15, 0.2) is 0 Å². The first-order chi connectivity index (χ1) is 12.0. The fraction of sp³-hybridized carbons (Fsp3) is 0.0556. The average molecular weight is 401 g/mol. The van der Waals surface area contributed by atoms with Crippen LogP contribution in [0.4, 0.5) is 4.79 Å². The molecule has 0 spiro atoms. The summed E-state index contributed by atoms with van der Waals surface area (Å²) in [5, 5.41) is 4.08. The summed E-state index contributed by atoms with van der Waals surface area (Å²) >= 11 is 3.38. The van der Waals surface area contributed by atoms with E-state index in [-0.39, 0.29) is 5.57 Å². The van der Waals surface area contributed by atoms with Gasteiger partial charge in [-0.25, -0.2) is 4.79 Å². The number of nitrogens with one attached hydrogen (secondary N) is 2. The lowest BCUT2D eigenvalue weighted by atomic mass is 10.1. The molecule has 0 unspecified atom stereocenters. The molecule has 7 heteroatoms. The van der Waals surface area contributed by atoms with E-state index in [4.69, 9.17) is 4.74 Å². The number of hydrogen-bond donors (Lipinski definition) is 2. The largest absolute Gasteiger partial charge is 0.488 e. The molecule has 1 saturated heterocycles. The molecule has 0 saturated carbocycles. The van der Waals surface area contributed by atoms with Crippen molar-refractivity contribution >= 4 is 39.9 Å². The van der Waals surface area contributed by atoms with Crippen molar-refractivity contribution in [3.05, 3.63) is 69.7 Å². The van der Waals surface area contributed by atoms with E-state index in [1.165, 1.54) is 6.08 Å². The Morgan fingerprint density at radius 1 is 0.920 bits per heavy atom. The molecule has 0 aromatic heterocycles. The minimum Gasteiger partial charge on any atom is -0.488 e. The average Bonchev–Trinajstić information content (AvgIpc) is 2.58. The van der Waals surface area contributed by atoms with Gasteiger partial charge in [0, 0.05) is 10.0 Å². The number of amides is 4. The molecule has 1 aliphatic rings. The predicted molar refractivity (Wildman–Crippen MR) is 94.6 cm³/mol. The highest BCUT2D eigenvalue weighted by Gasteiger charge is 2.27. The standard InChI is InChI=1S/C18H13BrN2O4/c19-13-7-5-11(6-8-13)10-25-15-4-2-1-3-12(15)9-14-16(22)20-18(24)21-17(14)23/h1-9H,10H2,(H2,20,21,22,23,24). The summed E-state index contributed by atoms with van der Waals surface area (Å²) in [4.78, 5) is 34.8. The number of urea groups is 1. The van der Waals surface area contributed by atoms with E-state index in [9.17, 15) is 14.4 Å². The Hall–Kier alpha value is -2.93. The Balaban J connectivity index is 1.82. The van der Waals surface area contributed by atoms with Crippen LogP contribution < -0.4 is 15.4 Å². The normalized spacial score (nSPS) is 14.0. The van der Waals surface area contributed by atoms with Crippen LogP contribution in [-0.4, -0.2) is 17.8 Å². The molecule has 0 aliphatic carbocycles. The third kappa shape index (κ3) is 4.13. The second-order valence-corrected chi connectivity index (χ2v) is 6.16. The quantitative estimate of drug-likeness (QED) is 0.610. The molecule has 4 amide bonds. The molecule has 0 atom stereocenters. The van der Waals surface area contributed by atoms with E-state index in [0.29, 0.717) is 17.9 Å². The second-order valence-electron chi connectivity index (χ2n) is 5.25. The van der Waals surface area contributed by atoms with Crippen LogP contribution in [0, 0.1) is 0 Å². The molecule has 25 heavy (non-hydrogen) atoms. The van der Waals surface area contributed by atoms with E-state index < -0.39 is 17.8 Å². The van der Waals surface area contributed by atoms with Gasteiger partial charge in [0.25, 0.3) is 11.8 Å². The molecule has 2 N–H and O–H groups in total. The van der Waals surface area contributed by atoms with Crippen LogP contribution in [-0.2, 0) is 16.2 Å². The Kier molecular flexibility index (Phi) is 4.95. The van der Waals surface area contributed by atoms with Crippen LogP contribution in [0.25, 0.3) is 6.08 Å². The molecule has 2 aromatic carbocycles. The van der Waals surface area contributed by atoms with Gasteiger partial charge in [0.1, 0.15) is 17.9 Å². The number of halogens is 1. The summed E-state index contributed by atoms with van der Waals surface area (Å²) in [6.07, 6.45) is 1.40. The summed E-state index contributed by atoms with van der Waals surface area (Å²) in [5.74, 6) is -0.955. The Labute approximate surface area is 152 Å². The Morgan fingerprint density at radius 3 is 2.24 bits per heavy atom. The van der Waals surface area contributed by atoms with Crippen LogP contribution in [0.1, 0.15) is 11.1 Å². The van der Waals surface area contributed by atoms with Crippen molar-refractivity contribution in [3.63, 3.8) is 0 Å². The molecule has 126 valence electrons. The first kappa shape index (κ1) is 16.9. The number of para-hydroxylation sites is 1. The van der Waals surface area contributed by atoms with E-state index in [1.807, 2.05) is 34.9 Å². The minimum absolute atomic E-state index is 0.153. The van der Waals surface area contributed by atoms with Gasteiger partial charge in [-0.05, 0) is 29.8 Å². The molecule has 1 aliphatic heterocycles. The fourth-order valence-corrected chi connectivity index (χ4v) is 2.50. The molecule has 0 bridgehead atoms. The number of imide groups is 2. The van der Waals surface area contributed by atoms with Crippen molar-refractivity contribution in [1.82, 2.24) is 10.6 Å². The number of carbonyl (C=O) groups excluding carboxylic acids is 3. The van der Waals surface area contributed by atoms with E-state index >= 15 is 0 Å². The molecule has 6 nitrogen and oxygen atoms in total. The minimum atomic E-state index is -0.827. The van der Waals surface area contributed by atoms with Gasteiger partial charge in [-0.2, -0.15) is 0 Å². The highest BCUT2D eigenvalue weighted by Crippen LogP contribution is 2.23. The van der Waals surface area contributed by atoms with Gasteiger partial charge in [-0.3, -0.25) is 20.2 Å². The summed E-state index contributed by atoms with van der Waals surface area (Å²) in [6, 6.07) is 13.9. The first-order valence-electron chi connectivity index (χ1n) is 7.37. The third-order valence-electron chi connectivity index (χ3n) is 3.47. The lowest BCUT2D eigenvalue weighted by Gasteiger charge is -2.15. The highest BCUT2D eigenvalue weighted by atomic mass is 79.9. The van der Waals surface area contributed by atoms with Crippen molar-refractivity contribution in [2.75, 3.05) is 0 Å². The molecule has 1 heterocycles. The van der Waals surface area contributed by atoms with Crippen LogP contribution in [0.15, 0.2) is 58.6 Å². The number of carbonyl (C=O) groups is 3. The van der Waals surface area contributed by atoms with Crippen molar-refractivity contribution in [2.45, 2.75) is 6.61 Å². The zero-order valence-electron chi connectivity index (χ0n) is 12.9. The van der Waals surface area contributed by atoms with Gasteiger partial charge in [-0.15, -0.1) is 0 Å². The van der Waals surface area contributed by atoms with E-state index in [1.54, 1.807) is 24.3 Å². The number of rotatable bonds is 4. The molecule has 0 radical (unpaired) electrons. The highest BCUT2D eigenvalue weighted by molar-refractivity contribution is 9.10. The number of benzene rings is 2. The van der Waals surface area contributed by atoms with E-state index in [0.717, 1.165) is 10.0 Å². The smallest absolute Gasteiger partial charge is 0.328 e. The molecule has 1 fully saturated rings. The molecular weight excluding hydrogens is 388 g/mol. The zero-order valence-corrected chi connectivity index (χ0v) is 14.5. The monoisotopic (exact) mass is 400 g/mol. The van der Waals surface area contributed by atoms with Crippen molar-refractivity contribution < 1.29 is 19.1 Å². The molecule has 3 rings (SSSR count). The molecule has 2 aromatic rings. The van der Waals surface area contributed by atoms with Gasteiger partial charge >= 0.3 is 6.03 Å². The van der Waals surface area contributed by atoms with Crippen molar-refractivity contribution in [2.24, 2.45) is 0 Å². The zero-order chi connectivity index (χ0) is 17.8. The summed E-state index contributed by atoms with van der Waals surface area (Å²) in [6.45, 7) is 0.338. The van der Waals surface area contributed by atoms with Gasteiger partial charge in [0.2, 0.25) is 0 Å². The fourth-order valence-electron chi connectivity index (χ4n) is 2.23. The van der Waals surface area contributed by atoms with Crippen molar-refractivity contribution in [3.8, 4) is 5.75 Å². The third-order valence-corrected chi connectivity index (χ3v) is 4.00. The lowest BCUT2D eigenvalue weighted by Crippen LogP contribution is -2.51. The second kappa shape index (κ2) is 7.31. The maximum Gasteiger partial charge on any atom is 0.328 e. The van der Waals surface area contributed by atoms with Gasteiger partial charge in [-0.1, -0.05) is 46.3 Å². The lowest BCUT2D eigenvalue weighted by molar-refractivity contribution is -0.123. The van der Waals surface area contributed by atoms with Crippen LogP contribution in [0.5, 0.6) is 5.75 Å². The molecular formula is C18H13BrN2O4. The number of barbiturate groups is 1. The van der Waals surface area contributed by atoms with Crippen LogP contribution >= 0.6 is 15.9 Å². The van der Waals surface area contributed by atoms with E-state index in [2.05, 4.69) is 15.9 Å². The maximum atomic E-state index is 11.8. The Morgan fingerprint density at radius 2 is 1.56 bits per heavy atom. The van der Waals surface area contributed by atoms with Gasteiger partial charge in [0.05, 0.1) is 0 Å². The number of hydrogen-bond acceptors (Lipinski definition) is 4. The SMILES string of the molecule is O=C1NC(=O)C(=Cc2ccccc2OCc2ccc(Br)cc2)C(=O)N1. The topological polar surface area (TPSA) is 84.5 Å². The van der Waals surface area contributed by atoms with Crippen LogP contribution in [0.3, 0.4) is 0 Å². The Bertz CT molecular complexity index is 853. The maximum absolute atomic E-state index is 11.8. The predicted octanol–water partition coefficient (Wildman–Crippen LogP) is 2.78. The summed E-state index contributed by atoms with van der Waals surface area (Å²) in [7, 11) is 0. The summed E-state index contributed by atoms with van der Waals surface area (Å²) < 4.78 is 6.78.